The van der Waals surface area contributed by atoms with Gasteiger partial charge in [0.2, 0.25) is 0 Å². The van der Waals surface area contributed by atoms with Gasteiger partial charge in [0.1, 0.15) is 18.2 Å². The van der Waals surface area contributed by atoms with E-state index >= 15 is 0 Å². The molecule has 3 aromatic carbocycles. The molecule has 4 nitrogen and oxygen atoms in total. The van der Waals surface area contributed by atoms with E-state index in [1.165, 1.54) is 19.2 Å². The molecule has 0 aromatic heterocycles. The highest BCUT2D eigenvalue weighted by atomic mass is 19.1. The van der Waals surface area contributed by atoms with Crippen LogP contribution in [0.15, 0.2) is 78.9 Å². The van der Waals surface area contributed by atoms with E-state index in [0.717, 1.165) is 5.56 Å². The van der Waals surface area contributed by atoms with Gasteiger partial charge in [0.05, 0.1) is 12.8 Å². The van der Waals surface area contributed by atoms with Crippen LogP contribution in [-0.4, -0.2) is 13.1 Å². The van der Waals surface area contributed by atoms with Gasteiger partial charge in [-0.05, 0) is 23.3 Å². The number of rotatable bonds is 7. The van der Waals surface area contributed by atoms with Crippen molar-refractivity contribution in [3.8, 4) is 5.75 Å². The van der Waals surface area contributed by atoms with Crippen molar-refractivity contribution in [1.82, 2.24) is 0 Å². The van der Waals surface area contributed by atoms with Gasteiger partial charge in [-0.2, -0.15) is 0 Å². The fraction of sp³-hybridized carbons (Fsp3) is 0.136. The summed E-state index contributed by atoms with van der Waals surface area (Å²) in [5.41, 5.74) is 1.76. The van der Waals surface area contributed by atoms with Gasteiger partial charge in [-0.15, -0.1) is 0 Å². The molecule has 0 aliphatic carbocycles. The number of benzene rings is 3. The summed E-state index contributed by atoms with van der Waals surface area (Å²) in [6.07, 6.45) is 0. The highest BCUT2D eigenvalue weighted by Gasteiger charge is 2.23. The first-order valence-corrected chi connectivity index (χ1v) is 8.53. The van der Waals surface area contributed by atoms with Crippen LogP contribution in [0.2, 0.25) is 0 Å². The molecule has 0 aliphatic rings. The average molecular weight is 365 g/mol. The SMILES string of the molecule is COc1ccc(N[C@H](C(=O)OCc2ccccc2)c2ccccc2)c(F)c1. The second-order valence-corrected chi connectivity index (χ2v) is 5.93. The molecule has 0 heterocycles. The maximum absolute atomic E-state index is 14.3. The average Bonchev–Trinajstić information content (AvgIpc) is 2.72. The lowest BCUT2D eigenvalue weighted by Gasteiger charge is -2.20. The van der Waals surface area contributed by atoms with Gasteiger partial charge in [-0.25, -0.2) is 9.18 Å². The van der Waals surface area contributed by atoms with Crippen LogP contribution in [0.4, 0.5) is 10.1 Å². The molecule has 0 radical (unpaired) electrons. The van der Waals surface area contributed by atoms with Gasteiger partial charge in [0.25, 0.3) is 0 Å². The second-order valence-electron chi connectivity index (χ2n) is 5.93. The number of ether oxygens (including phenoxy) is 2. The van der Waals surface area contributed by atoms with E-state index in [2.05, 4.69) is 5.32 Å². The number of halogens is 1. The smallest absolute Gasteiger partial charge is 0.333 e. The van der Waals surface area contributed by atoms with E-state index in [1.54, 1.807) is 18.2 Å². The molecule has 27 heavy (non-hydrogen) atoms. The maximum Gasteiger partial charge on any atom is 0.333 e. The van der Waals surface area contributed by atoms with Crippen molar-refractivity contribution in [3.63, 3.8) is 0 Å². The summed E-state index contributed by atoms with van der Waals surface area (Å²) in [5, 5.41) is 2.95. The van der Waals surface area contributed by atoms with Gasteiger partial charge in [0.15, 0.2) is 6.04 Å². The fourth-order valence-corrected chi connectivity index (χ4v) is 2.63. The van der Waals surface area contributed by atoms with E-state index in [9.17, 15) is 9.18 Å². The second kappa shape index (κ2) is 8.85. The van der Waals surface area contributed by atoms with Crippen LogP contribution >= 0.6 is 0 Å². The Kier molecular flexibility index (Phi) is 6.05. The lowest BCUT2D eigenvalue weighted by atomic mass is 10.1. The molecule has 0 amide bonds. The molecule has 3 aromatic rings. The van der Waals surface area contributed by atoms with Crippen molar-refractivity contribution < 1.29 is 18.7 Å². The first kappa shape index (κ1) is 18.5. The van der Waals surface area contributed by atoms with Crippen LogP contribution in [0.25, 0.3) is 0 Å². The lowest BCUT2D eigenvalue weighted by molar-refractivity contribution is -0.146. The van der Waals surface area contributed by atoms with Crippen molar-refractivity contribution >= 4 is 11.7 Å². The predicted molar refractivity (Wildman–Crippen MR) is 102 cm³/mol. The fourth-order valence-electron chi connectivity index (χ4n) is 2.63. The first-order chi connectivity index (χ1) is 13.2. The molecule has 1 atom stereocenters. The third-order valence-electron chi connectivity index (χ3n) is 4.07. The number of methoxy groups -OCH3 is 1. The lowest BCUT2D eigenvalue weighted by Crippen LogP contribution is -2.23. The Bertz CT molecular complexity index is 885. The van der Waals surface area contributed by atoms with Crippen LogP contribution in [0.5, 0.6) is 5.75 Å². The zero-order chi connectivity index (χ0) is 19.1. The molecule has 0 fully saturated rings. The molecule has 0 saturated carbocycles. The predicted octanol–water partition coefficient (Wildman–Crippen LogP) is 4.73. The standard InChI is InChI=1S/C22H20FNO3/c1-26-18-12-13-20(19(23)14-18)24-21(17-10-6-3-7-11-17)22(25)27-15-16-8-4-2-5-9-16/h2-14,21,24H,15H2,1H3/t21-/m0/s1. The third kappa shape index (κ3) is 4.85. The molecule has 0 unspecified atom stereocenters. The minimum Gasteiger partial charge on any atom is -0.497 e. The van der Waals surface area contributed by atoms with Crippen LogP contribution in [0.3, 0.4) is 0 Å². The van der Waals surface area contributed by atoms with Crippen LogP contribution in [0, 0.1) is 5.82 Å². The zero-order valence-electron chi connectivity index (χ0n) is 14.9. The van der Waals surface area contributed by atoms with Crippen molar-refractivity contribution in [2.45, 2.75) is 12.6 Å². The molecule has 0 aliphatic heterocycles. The number of nitrogens with one attached hydrogen (secondary N) is 1. The van der Waals surface area contributed by atoms with E-state index in [4.69, 9.17) is 9.47 Å². The Morgan fingerprint density at radius 3 is 2.30 bits per heavy atom. The number of anilines is 1. The normalized spacial score (nSPS) is 11.5. The zero-order valence-corrected chi connectivity index (χ0v) is 14.9. The van der Waals surface area contributed by atoms with Gasteiger partial charge in [0, 0.05) is 6.07 Å². The summed E-state index contributed by atoms with van der Waals surface area (Å²) in [4.78, 5) is 12.7. The maximum atomic E-state index is 14.3. The summed E-state index contributed by atoms with van der Waals surface area (Å²) in [7, 11) is 1.47. The minimum absolute atomic E-state index is 0.149. The van der Waals surface area contributed by atoms with Gasteiger partial charge in [-0.3, -0.25) is 0 Å². The number of hydrogen-bond donors (Lipinski definition) is 1. The molecular formula is C22H20FNO3. The number of hydrogen-bond acceptors (Lipinski definition) is 4. The Morgan fingerprint density at radius 1 is 1.00 bits per heavy atom. The molecule has 5 heteroatoms. The number of carbonyl (C=O) groups excluding carboxylic acids is 1. The van der Waals surface area contributed by atoms with E-state index in [0.29, 0.717) is 11.3 Å². The van der Waals surface area contributed by atoms with E-state index in [-0.39, 0.29) is 12.3 Å². The first-order valence-electron chi connectivity index (χ1n) is 8.53. The molecule has 0 bridgehead atoms. The summed E-state index contributed by atoms with van der Waals surface area (Å²) >= 11 is 0. The minimum atomic E-state index is -0.835. The van der Waals surface area contributed by atoms with Crippen LogP contribution < -0.4 is 10.1 Å². The molecule has 3 rings (SSSR count). The third-order valence-corrected chi connectivity index (χ3v) is 4.07. The summed E-state index contributed by atoms with van der Waals surface area (Å²) in [6, 6.07) is 22.1. The Hall–Kier alpha value is -3.34. The largest absolute Gasteiger partial charge is 0.497 e. The molecule has 1 N–H and O–H groups in total. The van der Waals surface area contributed by atoms with Gasteiger partial charge in [-0.1, -0.05) is 60.7 Å². The van der Waals surface area contributed by atoms with E-state index in [1.807, 2.05) is 48.5 Å². The number of carbonyl (C=O) groups is 1. The van der Waals surface area contributed by atoms with Crippen molar-refractivity contribution in [3.05, 3.63) is 95.8 Å². The van der Waals surface area contributed by atoms with Crippen LogP contribution in [-0.2, 0) is 16.1 Å². The highest BCUT2D eigenvalue weighted by molar-refractivity contribution is 5.81. The summed E-state index contributed by atoms with van der Waals surface area (Å²) in [6.45, 7) is 0.149. The molecular weight excluding hydrogens is 345 g/mol. The summed E-state index contributed by atoms with van der Waals surface area (Å²) < 4.78 is 24.8. The van der Waals surface area contributed by atoms with Gasteiger partial charge < -0.3 is 14.8 Å². The topological polar surface area (TPSA) is 47.6 Å². The quantitative estimate of drug-likeness (QED) is 0.615. The Labute approximate surface area is 157 Å². The monoisotopic (exact) mass is 365 g/mol. The van der Waals surface area contributed by atoms with Crippen molar-refractivity contribution in [1.29, 1.82) is 0 Å². The molecule has 138 valence electrons. The van der Waals surface area contributed by atoms with Gasteiger partial charge >= 0.3 is 5.97 Å². The summed E-state index contributed by atoms with van der Waals surface area (Å²) in [5.74, 6) is -0.590. The van der Waals surface area contributed by atoms with Crippen LogP contribution in [0.1, 0.15) is 17.2 Å². The van der Waals surface area contributed by atoms with Crippen molar-refractivity contribution in [2.24, 2.45) is 0 Å². The Balaban J connectivity index is 1.80. The van der Waals surface area contributed by atoms with Crippen molar-refractivity contribution in [2.75, 3.05) is 12.4 Å². The highest BCUT2D eigenvalue weighted by Crippen LogP contribution is 2.26. The Morgan fingerprint density at radius 2 is 1.67 bits per heavy atom. The molecule has 0 saturated heterocycles. The number of esters is 1. The van der Waals surface area contributed by atoms with E-state index < -0.39 is 17.8 Å². The molecule has 0 spiro atoms.